The second-order valence-corrected chi connectivity index (χ2v) is 7.19. The highest BCUT2D eigenvalue weighted by Crippen LogP contribution is 2.24. The lowest BCUT2D eigenvalue weighted by molar-refractivity contribution is 0.633. The van der Waals surface area contributed by atoms with Crippen molar-refractivity contribution in [1.82, 2.24) is 15.0 Å². The van der Waals surface area contributed by atoms with Gasteiger partial charge in [-0.15, -0.1) is 11.3 Å². The van der Waals surface area contributed by atoms with E-state index in [2.05, 4.69) is 56.1 Å². The van der Waals surface area contributed by atoms with Crippen LogP contribution < -0.4 is 14.7 Å². The summed E-state index contributed by atoms with van der Waals surface area (Å²) in [6.45, 7) is 8.11. The summed E-state index contributed by atoms with van der Waals surface area (Å²) in [5, 5.41) is 3.48. The van der Waals surface area contributed by atoms with Crippen molar-refractivity contribution in [2.45, 2.75) is 19.8 Å². The molecule has 23 heavy (non-hydrogen) atoms. The fourth-order valence-electron chi connectivity index (χ4n) is 2.55. The molecule has 7 heteroatoms. The van der Waals surface area contributed by atoms with E-state index in [0.29, 0.717) is 5.92 Å². The number of rotatable bonds is 4. The molecule has 1 aliphatic heterocycles. The number of piperazine rings is 1. The average Bonchev–Trinajstić information content (AvgIpc) is 3.09. The normalized spacial score (nSPS) is 15.3. The van der Waals surface area contributed by atoms with Crippen LogP contribution in [0.2, 0.25) is 0 Å². The summed E-state index contributed by atoms with van der Waals surface area (Å²) in [5.41, 5.74) is 0. The largest absolute Gasteiger partial charge is 0.360 e. The second kappa shape index (κ2) is 6.70. The van der Waals surface area contributed by atoms with Gasteiger partial charge in [0.25, 0.3) is 0 Å². The maximum atomic E-state index is 4.69. The topological polar surface area (TPSA) is 48.4 Å². The Morgan fingerprint density at radius 3 is 2.30 bits per heavy atom. The summed E-state index contributed by atoms with van der Waals surface area (Å²) in [5.74, 6) is 2.69. The van der Waals surface area contributed by atoms with Crippen LogP contribution in [0.5, 0.6) is 0 Å². The maximum Gasteiger partial charge on any atom is 0.230 e. The molecule has 2 aromatic heterocycles. The van der Waals surface area contributed by atoms with E-state index >= 15 is 0 Å². The Balaban J connectivity index is 1.77. The molecule has 0 atom stereocenters. The number of thiophene rings is 1. The molecule has 3 heterocycles. The Kier molecular flexibility index (Phi) is 4.66. The fourth-order valence-corrected chi connectivity index (χ4v) is 3.33. The molecule has 0 unspecified atom stereocenters. The molecule has 0 aromatic carbocycles. The van der Waals surface area contributed by atoms with Gasteiger partial charge in [0, 0.05) is 46.2 Å². The first-order valence-corrected chi connectivity index (χ1v) is 8.89. The molecular formula is C16H24N6S. The summed E-state index contributed by atoms with van der Waals surface area (Å²) >= 11 is 1.80. The molecule has 3 rings (SSSR count). The van der Waals surface area contributed by atoms with Crippen LogP contribution in [0.4, 0.5) is 16.9 Å². The van der Waals surface area contributed by atoms with E-state index in [1.54, 1.807) is 11.3 Å². The van der Waals surface area contributed by atoms with Crippen LogP contribution in [0.25, 0.3) is 0 Å². The van der Waals surface area contributed by atoms with E-state index in [4.69, 9.17) is 0 Å². The van der Waals surface area contributed by atoms with E-state index in [1.165, 1.54) is 5.00 Å². The van der Waals surface area contributed by atoms with Gasteiger partial charge in [-0.05, 0) is 17.5 Å². The molecule has 1 fully saturated rings. The van der Waals surface area contributed by atoms with Crippen LogP contribution in [-0.4, -0.2) is 55.2 Å². The molecule has 6 nitrogen and oxygen atoms in total. The Hall–Kier alpha value is -1.89. The van der Waals surface area contributed by atoms with E-state index in [0.717, 1.165) is 43.9 Å². The lowest BCUT2D eigenvalue weighted by atomic mass is 10.2. The van der Waals surface area contributed by atoms with Crippen LogP contribution in [0.15, 0.2) is 17.5 Å². The van der Waals surface area contributed by atoms with Crippen LogP contribution in [-0.2, 0) is 0 Å². The van der Waals surface area contributed by atoms with Crippen LogP contribution >= 0.6 is 11.3 Å². The van der Waals surface area contributed by atoms with Gasteiger partial charge in [-0.25, -0.2) is 0 Å². The van der Waals surface area contributed by atoms with Crippen LogP contribution in [0.1, 0.15) is 25.6 Å². The third-order valence-corrected chi connectivity index (χ3v) is 4.85. The molecule has 1 saturated heterocycles. The van der Waals surface area contributed by atoms with Gasteiger partial charge in [0.1, 0.15) is 5.82 Å². The smallest absolute Gasteiger partial charge is 0.230 e. The Morgan fingerprint density at radius 2 is 1.74 bits per heavy atom. The van der Waals surface area contributed by atoms with Gasteiger partial charge in [-0.1, -0.05) is 13.8 Å². The number of aromatic nitrogens is 3. The van der Waals surface area contributed by atoms with Crippen molar-refractivity contribution in [1.29, 1.82) is 0 Å². The lowest BCUT2D eigenvalue weighted by Gasteiger charge is -2.35. The van der Waals surface area contributed by atoms with Gasteiger partial charge >= 0.3 is 0 Å². The zero-order chi connectivity index (χ0) is 16.4. The Labute approximate surface area is 141 Å². The molecular weight excluding hydrogens is 308 g/mol. The Bertz CT molecular complexity index is 606. The number of hydrogen-bond acceptors (Lipinski definition) is 7. The minimum absolute atomic E-state index is 0.294. The van der Waals surface area contributed by atoms with E-state index < -0.39 is 0 Å². The average molecular weight is 332 g/mol. The van der Waals surface area contributed by atoms with Gasteiger partial charge in [0.05, 0.1) is 5.00 Å². The highest BCUT2D eigenvalue weighted by Gasteiger charge is 2.22. The van der Waals surface area contributed by atoms with Crippen molar-refractivity contribution < 1.29 is 0 Å². The summed E-state index contributed by atoms with van der Waals surface area (Å²) in [7, 11) is 3.94. The maximum absolute atomic E-state index is 4.69. The zero-order valence-electron chi connectivity index (χ0n) is 14.2. The highest BCUT2D eigenvalue weighted by atomic mass is 32.1. The van der Waals surface area contributed by atoms with E-state index in [9.17, 15) is 0 Å². The first-order valence-electron chi connectivity index (χ1n) is 8.01. The molecule has 0 bridgehead atoms. The summed E-state index contributed by atoms with van der Waals surface area (Å²) < 4.78 is 0. The van der Waals surface area contributed by atoms with Crippen molar-refractivity contribution in [2.75, 3.05) is 55.0 Å². The molecule has 0 N–H and O–H groups in total. The van der Waals surface area contributed by atoms with Crippen LogP contribution in [0, 0.1) is 0 Å². The lowest BCUT2D eigenvalue weighted by Crippen LogP contribution is -2.47. The minimum Gasteiger partial charge on any atom is -0.360 e. The minimum atomic E-state index is 0.294. The van der Waals surface area contributed by atoms with Gasteiger partial charge < -0.3 is 14.7 Å². The highest BCUT2D eigenvalue weighted by molar-refractivity contribution is 7.14. The first-order chi connectivity index (χ1) is 11.0. The van der Waals surface area contributed by atoms with Crippen molar-refractivity contribution >= 4 is 28.2 Å². The molecule has 0 aliphatic carbocycles. The third kappa shape index (κ3) is 3.55. The van der Waals surface area contributed by atoms with Crippen LogP contribution in [0.3, 0.4) is 0 Å². The molecule has 0 saturated carbocycles. The molecule has 0 radical (unpaired) electrons. The number of anilines is 3. The predicted molar refractivity (Wildman–Crippen MR) is 97.0 cm³/mol. The molecule has 124 valence electrons. The third-order valence-electron chi connectivity index (χ3n) is 3.93. The van der Waals surface area contributed by atoms with E-state index in [1.807, 2.05) is 19.0 Å². The quantitative estimate of drug-likeness (QED) is 0.857. The molecule has 0 amide bonds. The van der Waals surface area contributed by atoms with E-state index in [-0.39, 0.29) is 0 Å². The number of hydrogen-bond donors (Lipinski definition) is 0. The summed E-state index contributed by atoms with van der Waals surface area (Å²) in [4.78, 5) is 20.5. The summed E-state index contributed by atoms with van der Waals surface area (Å²) in [6.07, 6.45) is 0. The van der Waals surface area contributed by atoms with Crippen molar-refractivity contribution in [2.24, 2.45) is 0 Å². The fraction of sp³-hybridized carbons (Fsp3) is 0.562. The van der Waals surface area contributed by atoms with Gasteiger partial charge in [0.2, 0.25) is 11.9 Å². The van der Waals surface area contributed by atoms with Crippen molar-refractivity contribution in [3.8, 4) is 0 Å². The predicted octanol–water partition coefficient (Wildman–Crippen LogP) is 2.45. The number of nitrogens with zero attached hydrogens (tertiary/aromatic N) is 6. The molecule has 1 aliphatic rings. The molecule has 2 aromatic rings. The second-order valence-electron chi connectivity index (χ2n) is 6.27. The van der Waals surface area contributed by atoms with Crippen molar-refractivity contribution in [3.63, 3.8) is 0 Å². The van der Waals surface area contributed by atoms with Gasteiger partial charge in [0.15, 0.2) is 0 Å². The van der Waals surface area contributed by atoms with Gasteiger partial charge in [-0.3, -0.25) is 0 Å². The first kappa shape index (κ1) is 16.0. The zero-order valence-corrected chi connectivity index (χ0v) is 15.0. The monoisotopic (exact) mass is 332 g/mol. The standard InChI is InChI=1S/C16H24N6S/c1-12(2)14-17-15(20(3)4)19-16(18-14)22-9-7-21(8-10-22)13-6-5-11-23-13/h5-6,11-12H,7-10H2,1-4H3. The van der Waals surface area contributed by atoms with Gasteiger partial charge in [-0.2, -0.15) is 15.0 Å². The van der Waals surface area contributed by atoms with Crippen molar-refractivity contribution in [3.05, 3.63) is 23.3 Å². The Morgan fingerprint density at radius 1 is 1.04 bits per heavy atom. The molecule has 0 spiro atoms. The SMILES string of the molecule is CC(C)c1nc(N(C)C)nc(N2CCN(c3cccs3)CC2)n1. The summed E-state index contributed by atoms with van der Waals surface area (Å²) in [6, 6.07) is 4.29.